The second-order valence-corrected chi connectivity index (χ2v) is 34.1. The molecule has 0 bridgehead atoms. The van der Waals surface area contributed by atoms with Crippen molar-refractivity contribution in [1.82, 2.24) is 0 Å². The van der Waals surface area contributed by atoms with Crippen molar-refractivity contribution in [1.29, 1.82) is 10.5 Å². The van der Waals surface area contributed by atoms with Gasteiger partial charge in [-0.15, -0.1) is 68.0 Å². The van der Waals surface area contributed by atoms with E-state index in [9.17, 15) is 20.1 Å². The largest absolute Gasteiger partial charge is 0.289 e. The van der Waals surface area contributed by atoms with E-state index in [0.29, 0.717) is 56.4 Å². The molecule has 2 unspecified atom stereocenters. The molecule has 2 atom stereocenters. The molecule has 0 saturated heterocycles. The summed E-state index contributed by atoms with van der Waals surface area (Å²) in [4.78, 5) is 48.5. The maximum absolute atomic E-state index is 14.5. The van der Waals surface area contributed by atoms with Gasteiger partial charge >= 0.3 is 0 Å². The number of rotatable bonds is 36. The van der Waals surface area contributed by atoms with E-state index in [1.54, 1.807) is 22.7 Å². The minimum absolute atomic E-state index is 0.0693. The summed E-state index contributed by atoms with van der Waals surface area (Å²) in [6.45, 7) is 29.9. The number of Topliss-reactive ketones (excluding diaryl/α,β-unsaturated/α-hetero) is 2. The quantitative estimate of drug-likeness (QED) is 0.0169. The summed E-state index contributed by atoms with van der Waals surface area (Å²) in [7, 11) is 0. The first-order valence-electron chi connectivity index (χ1n) is 37.2. The number of carbonyl (C=O) groups excluding carboxylic acids is 2. The van der Waals surface area contributed by atoms with Crippen LogP contribution in [0.5, 0.6) is 0 Å². The van der Waals surface area contributed by atoms with Crippen LogP contribution in [0.4, 0.5) is 0 Å². The Bertz CT molecular complexity index is 4340. The lowest BCUT2D eigenvalue weighted by atomic mass is 9.92. The number of benzene rings is 3. The number of fused-ring (bicyclic) bond motifs is 4. The average molecular weight is 1430 g/mol. The van der Waals surface area contributed by atoms with Gasteiger partial charge in [0.05, 0.1) is 25.3 Å². The summed E-state index contributed by atoms with van der Waals surface area (Å²) in [6.07, 6.45) is 36.9. The van der Waals surface area contributed by atoms with Crippen molar-refractivity contribution in [2.45, 2.75) is 221 Å². The van der Waals surface area contributed by atoms with Gasteiger partial charge in [0.25, 0.3) is 11.4 Å². The SMILES string of the molecule is [C-]#[N+]/C(C#N)=C1\C(=C\c2cc(CCCCCC)c(-c3cc4c(-c5ccc(CC(CCCC)CCCCCC)s5)c5sc(-c6sc(/C=C7\C(=O)c8ccccc8\C7=C(\C#N)[N+]#[C-])cc6CCCCCC)cc5c(-c5ccc(CC(CCCC)CCCCCC)s5)c4s3)s2)C(=O)c2ccccc21. The average Bonchev–Trinajstić information content (AvgIpc) is 1.56. The van der Waals surface area contributed by atoms with Gasteiger partial charge in [-0.05, 0) is 133 Å². The zero-order valence-electron chi connectivity index (χ0n) is 59.4. The van der Waals surface area contributed by atoms with Crippen LogP contribution in [0.1, 0.15) is 258 Å². The van der Waals surface area contributed by atoms with Crippen LogP contribution >= 0.6 is 68.0 Å². The number of nitriles is 2. The van der Waals surface area contributed by atoms with E-state index in [-0.39, 0.29) is 23.0 Å². The zero-order valence-corrected chi connectivity index (χ0v) is 64.3. The van der Waals surface area contributed by atoms with E-state index in [0.717, 1.165) is 86.8 Å². The van der Waals surface area contributed by atoms with Gasteiger partial charge in [-0.3, -0.25) is 9.59 Å². The maximum atomic E-state index is 14.5. The Morgan fingerprint density at radius 1 is 0.430 bits per heavy atom. The van der Waals surface area contributed by atoms with Gasteiger partial charge in [-0.2, -0.15) is 0 Å². The molecule has 0 saturated carbocycles. The smallest absolute Gasteiger partial charge is 0.270 e. The Morgan fingerprint density at radius 2 is 0.800 bits per heavy atom. The van der Waals surface area contributed by atoms with E-state index in [2.05, 4.69) is 112 Å². The van der Waals surface area contributed by atoms with Crippen LogP contribution in [0, 0.1) is 47.6 Å². The van der Waals surface area contributed by atoms with Crippen LogP contribution in [0.2, 0.25) is 0 Å². The minimum Gasteiger partial charge on any atom is -0.289 e. The monoisotopic (exact) mass is 1430 g/mol. The van der Waals surface area contributed by atoms with Gasteiger partial charge in [0.1, 0.15) is 0 Å². The van der Waals surface area contributed by atoms with Crippen molar-refractivity contribution >= 4 is 123 Å². The Morgan fingerprint density at radius 3 is 1.17 bits per heavy atom. The Hall–Kier alpha value is -7.36. The number of ketones is 2. The lowest BCUT2D eigenvalue weighted by Crippen LogP contribution is -2.04. The standard InChI is InChI=1S/C88H94N4O2S6/c1-9-15-21-25-35-57(33-19-13-5)47-61-43-45-75(95-61)81-71-53-77(85-59(37-27-23-17-11-3)49-63(97-85)51-69-79(73(55-89)91-7)65-39-29-31-41-67(65)83(69)93)100-88(71)82(76-46-44-62(96-76)48-58(34-20-14-6)36-26-22-16-10-2)72-54-78(99-87(72)81)86-60(38-28-24-18-12-4)50-64(98-86)52-70-80(74(56-90)92-8)66-40-30-32-42-68(66)84(70)94/h29-32,39-46,49-54,57-58H,9-28,33-38,47-48H2,1-6H3/b69-51-,70-52-,79-73-,80-74+. The second-order valence-electron chi connectivity index (χ2n) is 27.5. The van der Waals surface area contributed by atoms with Crippen molar-refractivity contribution in [3.05, 3.63) is 195 Å². The van der Waals surface area contributed by atoms with E-state index in [4.69, 9.17) is 13.1 Å². The van der Waals surface area contributed by atoms with Gasteiger partial charge in [0.2, 0.25) is 0 Å². The molecule has 0 N–H and O–H groups in total. The molecular formula is C88H94N4O2S6. The van der Waals surface area contributed by atoms with Crippen molar-refractivity contribution in [2.24, 2.45) is 11.8 Å². The number of aryl methyl sites for hydroxylation is 2. The molecule has 0 amide bonds. The molecule has 6 nitrogen and oxygen atoms in total. The molecule has 2 aliphatic carbocycles. The highest BCUT2D eigenvalue weighted by Crippen LogP contribution is 2.57. The first kappa shape index (κ1) is 73.8. The number of hydrogen-bond acceptors (Lipinski definition) is 10. The topological polar surface area (TPSA) is 90.4 Å². The molecule has 0 aliphatic heterocycles. The lowest BCUT2D eigenvalue weighted by molar-refractivity contribution is 0.103. The molecular weight excluding hydrogens is 1340 g/mol. The number of carbonyl (C=O) groups is 2. The van der Waals surface area contributed by atoms with Crippen LogP contribution in [-0.4, -0.2) is 11.6 Å². The molecule has 6 heterocycles. The van der Waals surface area contributed by atoms with E-state index >= 15 is 0 Å². The molecule has 3 aromatic carbocycles. The van der Waals surface area contributed by atoms with Crippen LogP contribution in [-0.2, 0) is 25.7 Å². The molecule has 0 spiro atoms. The number of thiophene rings is 6. The lowest BCUT2D eigenvalue weighted by Gasteiger charge is -2.16. The molecule has 9 aromatic rings. The van der Waals surface area contributed by atoms with Crippen LogP contribution in [0.25, 0.3) is 93.6 Å². The Kier molecular flexibility index (Phi) is 26.6. The molecule has 6 aromatic heterocycles. The fraction of sp³-hybridized carbons (Fsp3) is 0.409. The number of hydrogen-bond donors (Lipinski definition) is 0. The maximum Gasteiger partial charge on any atom is 0.270 e. The summed E-state index contributed by atoms with van der Waals surface area (Å²) < 4.78 is 2.56. The van der Waals surface area contributed by atoms with Crippen molar-refractivity contribution in [3.8, 4) is 52.5 Å². The van der Waals surface area contributed by atoms with Gasteiger partial charge in [0.15, 0.2) is 11.6 Å². The first-order valence-corrected chi connectivity index (χ1v) is 42.1. The van der Waals surface area contributed by atoms with Gasteiger partial charge in [-0.25, -0.2) is 20.2 Å². The fourth-order valence-electron chi connectivity index (χ4n) is 15.0. The molecule has 100 heavy (non-hydrogen) atoms. The minimum atomic E-state index is -0.157. The molecule has 12 heteroatoms. The third-order valence-corrected chi connectivity index (χ3v) is 27.4. The van der Waals surface area contributed by atoms with Crippen molar-refractivity contribution in [3.63, 3.8) is 0 Å². The summed E-state index contributed by atoms with van der Waals surface area (Å²) in [6, 6.07) is 38.4. The highest BCUT2D eigenvalue weighted by Gasteiger charge is 2.35. The number of nitrogens with zero attached hydrogens (tertiary/aromatic N) is 4. The Balaban J connectivity index is 1.15. The predicted molar refractivity (Wildman–Crippen MR) is 433 cm³/mol. The predicted octanol–water partition coefficient (Wildman–Crippen LogP) is 28.8. The molecule has 514 valence electrons. The zero-order chi connectivity index (χ0) is 70.1. The second kappa shape index (κ2) is 36.0. The fourth-order valence-corrected chi connectivity index (χ4v) is 22.5. The normalized spacial score (nSPS) is 15.2. The van der Waals surface area contributed by atoms with Gasteiger partial charge < -0.3 is 0 Å². The van der Waals surface area contributed by atoms with Gasteiger partial charge in [-0.1, -0.05) is 231 Å². The van der Waals surface area contributed by atoms with E-state index < -0.39 is 0 Å². The van der Waals surface area contributed by atoms with E-state index in [1.165, 1.54) is 184 Å². The highest BCUT2D eigenvalue weighted by atomic mass is 32.1. The van der Waals surface area contributed by atoms with Gasteiger partial charge in [0, 0.05) is 113 Å². The third-order valence-electron chi connectivity index (χ3n) is 20.2. The molecule has 0 fully saturated rings. The number of allylic oxidation sites excluding steroid dienone is 6. The first-order chi connectivity index (χ1) is 49.0. The summed E-state index contributed by atoms with van der Waals surface area (Å²) >= 11 is 11.2. The number of unbranched alkanes of at least 4 members (excludes halogenated alkanes) is 14. The van der Waals surface area contributed by atoms with Crippen LogP contribution in [0.15, 0.2) is 120 Å². The Labute approximate surface area is 619 Å². The summed E-state index contributed by atoms with van der Waals surface area (Å²) in [5.74, 6) is 0.957. The molecule has 0 radical (unpaired) electrons. The summed E-state index contributed by atoms with van der Waals surface area (Å²) in [5, 5.41) is 23.2. The summed E-state index contributed by atoms with van der Waals surface area (Å²) in [5.41, 5.74) is 8.93. The van der Waals surface area contributed by atoms with Crippen molar-refractivity contribution < 1.29 is 9.59 Å². The van der Waals surface area contributed by atoms with Crippen molar-refractivity contribution in [2.75, 3.05) is 0 Å². The highest BCUT2D eigenvalue weighted by molar-refractivity contribution is 7.29. The third kappa shape index (κ3) is 16.7. The van der Waals surface area contributed by atoms with Crippen LogP contribution in [0.3, 0.4) is 0 Å². The van der Waals surface area contributed by atoms with E-state index in [1.807, 2.05) is 106 Å². The molecule has 11 rings (SSSR count). The van der Waals surface area contributed by atoms with Crippen LogP contribution < -0.4 is 0 Å². The molecule has 2 aliphatic rings.